The average Bonchev–Trinajstić information content (AvgIpc) is 2.68. The van der Waals surface area contributed by atoms with Gasteiger partial charge < -0.3 is 20.1 Å². The molecule has 5 nitrogen and oxygen atoms in total. The molecule has 0 saturated carbocycles. The van der Waals surface area contributed by atoms with Crippen molar-refractivity contribution < 1.29 is 14.6 Å². The molecule has 2 aromatic rings. The van der Waals surface area contributed by atoms with Gasteiger partial charge in [-0.15, -0.1) is 12.4 Å². The summed E-state index contributed by atoms with van der Waals surface area (Å²) in [6.45, 7) is 2.54. The highest BCUT2D eigenvalue weighted by Crippen LogP contribution is 2.46. The molecule has 0 aromatic heterocycles. The topological polar surface area (TPSA) is 61.8 Å². The number of nitrogens with one attached hydrogen (secondary N) is 1. The number of halogens is 1. The molecule has 0 aliphatic carbocycles. The molecular formula is C22H29ClN2O3. The summed E-state index contributed by atoms with van der Waals surface area (Å²) in [6, 6.07) is 15.5. The Morgan fingerprint density at radius 3 is 2.68 bits per heavy atom. The fraction of sp³-hybridized carbons (Fsp3) is 0.409. The molecule has 152 valence electrons. The highest BCUT2D eigenvalue weighted by Gasteiger charge is 2.45. The number of nitrogens with zero attached hydrogens (tertiary/aromatic N) is 1. The second-order valence-corrected chi connectivity index (χ2v) is 7.47. The maximum absolute atomic E-state index is 12.0. The van der Waals surface area contributed by atoms with Crippen LogP contribution in [0, 0.1) is 5.92 Å². The van der Waals surface area contributed by atoms with Crippen LogP contribution in [-0.4, -0.2) is 56.8 Å². The van der Waals surface area contributed by atoms with Crippen molar-refractivity contribution in [2.24, 2.45) is 5.92 Å². The first-order chi connectivity index (χ1) is 13.0. The van der Waals surface area contributed by atoms with Crippen LogP contribution in [0.4, 0.5) is 0 Å². The van der Waals surface area contributed by atoms with Gasteiger partial charge in [0.1, 0.15) is 5.75 Å². The third kappa shape index (κ3) is 4.17. The molecule has 1 aliphatic rings. The number of methoxy groups -OCH3 is 1. The lowest BCUT2D eigenvalue weighted by Crippen LogP contribution is -2.52. The van der Waals surface area contributed by atoms with Crippen molar-refractivity contribution >= 4 is 18.4 Å². The summed E-state index contributed by atoms with van der Waals surface area (Å²) in [7, 11) is 5.79. The maximum Gasteiger partial charge on any atom is 0.335 e. The number of aromatic carboxylic acids is 1. The molecule has 0 bridgehead atoms. The Labute approximate surface area is 173 Å². The van der Waals surface area contributed by atoms with Crippen LogP contribution in [0.25, 0.3) is 0 Å². The minimum atomic E-state index is -0.880. The van der Waals surface area contributed by atoms with Crippen molar-refractivity contribution in [3.8, 4) is 5.75 Å². The second kappa shape index (κ2) is 9.41. The van der Waals surface area contributed by atoms with Crippen molar-refractivity contribution in [3.63, 3.8) is 0 Å². The number of hydrogen-bond acceptors (Lipinski definition) is 4. The zero-order chi connectivity index (χ0) is 19.4. The van der Waals surface area contributed by atoms with E-state index in [0.717, 1.165) is 42.9 Å². The van der Waals surface area contributed by atoms with E-state index in [2.05, 4.69) is 36.4 Å². The molecule has 3 rings (SSSR count). The fourth-order valence-electron chi connectivity index (χ4n) is 4.45. The molecule has 0 amide bonds. The van der Waals surface area contributed by atoms with Gasteiger partial charge in [0.25, 0.3) is 0 Å². The fourth-order valence-corrected chi connectivity index (χ4v) is 4.45. The average molecular weight is 405 g/mol. The number of carbonyl (C=O) groups is 1. The van der Waals surface area contributed by atoms with Gasteiger partial charge in [0.2, 0.25) is 0 Å². The highest BCUT2D eigenvalue weighted by atomic mass is 35.5. The predicted octanol–water partition coefficient (Wildman–Crippen LogP) is 3.27. The van der Waals surface area contributed by atoms with E-state index < -0.39 is 5.97 Å². The quantitative estimate of drug-likeness (QED) is 0.773. The van der Waals surface area contributed by atoms with Crippen LogP contribution < -0.4 is 10.1 Å². The Hall–Kier alpha value is -2.08. The van der Waals surface area contributed by atoms with Crippen LogP contribution in [0.3, 0.4) is 0 Å². The van der Waals surface area contributed by atoms with Gasteiger partial charge in [-0.1, -0.05) is 30.3 Å². The molecular weight excluding hydrogens is 376 g/mol. The van der Waals surface area contributed by atoms with Crippen LogP contribution in [-0.2, 0) is 5.41 Å². The van der Waals surface area contributed by atoms with Crippen molar-refractivity contribution in [1.29, 1.82) is 0 Å². The Bertz CT molecular complexity index is 812. The zero-order valence-corrected chi connectivity index (χ0v) is 17.5. The van der Waals surface area contributed by atoms with Gasteiger partial charge in [0, 0.05) is 18.5 Å². The molecule has 1 fully saturated rings. The van der Waals surface area contributed by atoms with Crippen molar-refractivity contribution in [2.75, 3.05) is 40.8 Å². The summed E-state index contributed by atoms with van der Waals surface area (Å²) in [6.07, 6.45) is 0.836. The number of piperidine rings is 1. The largest absolute Gasteiger partial charge is 0.497 e. The molecule has 0 spiro atoms. The molecule has 2 atom stereocenters. The van der Waals surface area contributed by atoms with Crippen LogP contribution in [0.15, 0.2) is 48.5 Å². The lowest BCUT2D eigenvalue weighted by Gasteiger charge is -2.47. The standard InChI is InChI=1S/C22H28N2O3.ClH/c1-24(2)15-17-14-23-12-11-22(17,16-7-6-8-18(13-16)27-3)20-10-5-4-9-19(20)21(25)26;/h4-10,13,17,23H,11-12,14-15H2,1-3H3,(H,25,26);1H. The van der Waals surface area contributed by atoms with Crippen molar-refractivity contribution in [3.05, 3.63) is 65.2 Å². The van der Waals surface area contributed by atoms with Gasteiger partial charge in [0.15, 0.2) is 0 Å². The van der Waals surface area contributed by atoms with Crippen LogP contribution >= 0.6 is 12.4 Å². The lowest BCUT2D eigenvalue weighted by molar-refractivity contribution is 0.0691. The Morgan fingerprint density at radius 1 is 1.25 bits per heavy atom. The van der Waals surface area contributed by atoms with Crippen LogP contribution in [0.5, 0.6) is 5.75 Å². The van der Waals surface area contributed by atoms with Gasteiger partial charge in [-0.2, -0.15) is 0 Å². The van der Waals surface area contributed by atoms with Gasteiger partial charge in [0.05, 0.1) is 12.7 Å². The summed E-state index contributed by atoms with van der Waals surface area (Å²) in [5.74, 6) is 0.144. The number of ether oxygens (including phenoxy) is 1. The molecule has 28 heavy (non-hydrogen) atoms. The lowest BCUT2D eigenvalue weighted by atomic mass is 9.61. The molecule has 2 N–H and O–H groups in total. The molecule has 1 aliphatic heterocycles. The first-order valence-electron chi connectivity index (χ1n) is 9.32. The Kier molecular flexibility index (Phi) is 7.47. The SMILES string of the molecule is COc1cccc(C2(c3ccccc3C(=O)O)CCNCC2CN(C)C)c1.Cl. The third-order valence-electron chi connectivity index (χ3n) is 5.59. The van der Waals surface area contributed by atoms with E-state index in [9.17, 15) is 9.90 Å². The van der Waals surface area contributed by atoms with Crippen molar-refractivity contribution in [2.45, 2.75) is 11.8 Å². The molecule has 2 aromatic carbocycles. The number of rotatable bonds is 6. The summed E-state index contributed by atoms with van der Waals surface area (Å²) >= 11 is 0. The number of benzene rings is 2. The zero-order valence-electron chi connectivity index (χ0n) is 16.6. The third-order valence-corrected chi connectivity index (χ3v) is 5.59. The Morgan fingerprint density at radius 2 is 2.00 bits per heavy atom. The summed E-state index contributed by atoms with van der Waals surface area (Å²) < 4.78 is 5.48. The van der Waals surface area contributed by atoms with Gasteiger partial charge in [-0.3, -0.25) is 0 Å². The number of hydrogen-bond donors (Lipinski definition) is 2. The van der Waals surface area contributed by atoms with E-state index in [0.29, 0.717) is 5.56 Å². The number of carboxylic acid groups (broad SMARTS) is 1. The van der Waals surface area contributed by atoms with Gasteiger partial charge in [-0.05, 0) is 62.3 Å². The molecule has 1 heterocycles. The van der Waals surface area contributed by atoms with E-state index in [-0.39, 0.29) is 23.7 Å². The monoisotopic (exact) mass is 404 g/mol. The second-order valence-electron chi connectivity index (χ2n) is 7.47. The molecule has 6 heteroatoms. The summed E-state index contributed by atoms with van der Waals surface area (Å²) in [5.41, 5.74) is 1.99. The minimum Gasteiger partial charge on any atom is -0.497 e. The summed E-state index contributed by atoms with van der Waals surface area (Å²) in [4.78, 5) is 14.2. The predicted molar refractivity (Wildman–Crippen MR) is 114 cm³/mol. The van der Waals surface area contributed by atoms with E-state index in [4.69, 9.17) is 4.74 Å². The minimum absolute atomic E-state index is 0. The van der Waals surface area contributed by atoms with E-state index >= 15 is 0 Å². The van der Waals surface area contributed by atoms with Gasteiger partial charge in [-0.25, -0.2) is 4.79 Å². The first kappa shape index (κ1) is 22.2. The molecule has 1 saturated heterocycles. The molecule has 2 unspecified atom stereocenters. The van der Waals surface area contributed by atoms with Gasteiger partial charge >= 0.3 is 5.97 Å². The van der Waals surface area contributed by atoms with E-state index in [1.54, 1.807) is 19.2 Å². The normalized spacial score (nSPS) is 21.8. The highest BCUT2D eigenvalue weighted by molar-refractivity contribution is 5.90. The smallest absolute Gasteiger partial charge is 0.335 e. The maximum atomic E-state index is 12.0. The molecule has 0 radical (unpaired) electrons. The first-order valence-corrected chi connectivity index (χ1v) is 9.32. The van der Waals surface area contributed by atoms with Crippen LogP contribution in [0.1, 0.15) is 27.9 Å². The van der Waals surface area contributed by atoms with E-state index in [1.165, 1.54) is 0 Å². The Balaban J connectivity index is 0.00000280. The van der Waals surface area contributed by atoms with Crippen molar-refractivity contribution in [1.82, 2.24) is 10.2 Å². The van der Waals surface area contributed by atoms with Crippen LogP contribution in [0.2, 0.25) is 0 Å². The summed E-state index contributed by atoms with van der Waals surface area (Å²) in [5, 5.41) is 13.4. The number of carboxylic acids is 1. The van der Waals surface area contributed by atoms with E-state index in [1.807, 2.05) is 24.3 Å².